The molecular weight excluding hydrogens is 456 g/mol. The predicted octanol–water partition coefficient (Wildman–Crippen LogP) is 7.57. The number of nitrogens with zero attached hydrogens (tertiary/aromatic N) is 3. The lowest BCUT2D eigenvalue weighted by Gasteiger charge is -2.38. The number of rotatable bonds is 8. The number of aromatic nitrogens is 3. The van der Waals surface area contributed by atoms with E-state index in [-0.39, 0.29) is 22.8 Å². The summed E-state index contributed by atoms with van der Waals surface area (Å²) in [6.07, 6.45) is 6.69. The number of carbonyl (C=O) groups excluding carboxylic acids is 1. The minimum Gasteiger partial charge on any atom is -0.363 e. The second kappa shape index (κ2) is 9.97. The van der Waals surface area contributed by atoms with E-state index in [1.54, 1.807) is 6.20 Å². The Morgan fingerprint density at radius 1 is 1.00 bits per heavy atom. The van der Waals surface area contributed by atoms with E-state index in [0.29, 0.717) is 12.0 Å². The monoisotopic (exact) mass is 492 g/mol. The second-order valence-electron chi connectivity index (χ2n) is 10.8. The zero-order valence-corrected chi connectivity index (χ0v) is 22.2. The van der Waals surface area contributed by atoms with E-state index in [2.05, 4.69) is 91.6 Å². The van der Waals surface area contributed by atoms with E-state index in [4.69, 9.17) is 0 Å². The largest absolute Gasteiger partial charge is 0.363 e. The van der Waals surface area contributed by atoms with Crippen LogP contribution in [0.3, 0.4) is 0 Å². The maximum Gasteiger partial charge on any atom is 0.169 e. The standard InChI is InChI=1S/C32H36N4O/c1-5-32(6-2,25-17-15-24(16-18-25)27-14-10-11-19-33-27)21-29(37)26-22-34-36-30(26)35-28(20-31(36,3)4)23-12-8-7-9-13-23/h7-19,22,28,35H,5-6,20-21H2,1-4H3. The first-order chi connectivity index (χ1) is 17.9. The van der Waals surface area contributed by atoms with Crippen LogP contribution in [-0.2, 0) is 11.0 Å². The summed E-state index contributed by atoms with van der Waals surface area (Å²) in [5.41, 5.74) is 4.71. The molecule has 0 amide bonds. The molecule has 0 saturated carbocycles. The minimum absolute atomic E-state index is 0.133. The van der Waals surface area contributed by atoms with Gasteiger partial charge in [0.1, 0.15) is 5.82 Å². The van der Waals surface area contributed by atoms with Crippen LogP contribution in [0.2, 0.25) is 0 Å². The molecule has 0 fully saturated rings. The topological polar surface area (TPSA) is 59.8 Å². The van der Waals surface area contributed by atoms with E-state index in [1.165, 1.54) is 11.1 Å². The summed E-state index contributed by atoms with van der Waals surface area (Å²) in [6, 6.07) is 25.1. The number of hydrogen-bond acceptors (Lipinski definition) is 4. The molecule has 0 spiro atoms. The lowest BCUT2D eigenvalue weighted by Crippen LogP contribution is -2.38. The maximum absolute atomic E-state index is 13.9. The molecule has 3 heterocycles. The van der Waals surface area contributed by atoms with Crippen molar-refractivity contribution in [2.45, 2.75) is 70.4 Å². The average Bonchev–Trinajstić information content (AvgIpc) is 3.38. The number of hydrogen-bond donors (Lipinski definition) is 1. The fraction of sp³-hybridized carbons (Fsp3) is 0.344. The first-order valence-electron chi connectivity index (χ1n) is 13.3. The van der Waals surface area contributed by atoms with Crippen molar-refractivity contribution in [1.29, 1.82) is 0 Å². The summed E-state index contributed by atoms with van der Waals surface area (Å²) in [7, 11) is 0. The molecule has 0 aliphatic carbocycles. The van der Waals surface area contributed by atoms with Gasteiger partial charge in [-0.2, -0.15) is 5.10 Å². The van der Waals surface area contributed by atoms with Crippen LogP contribution >= 0.6 is 0 Å². The van der Waals surface area contributed by atoms with E-state index >= 15 is 0 Å². The van der Waals surface area contributed by atoms with E-state index in [0.717, 1.165) is 36.3 Å². The van der Waals surface area contributed by atoms with Crippen LogP contribution in [0.25, 0.3) is 11.3 Å². The molecule has 1 unspecified atom stereocenters. The Hall–Kier alpha value is -3.73. The third kappa shape index (κ3) is 4.71. The quantitative estimate of drug-likeness (QED) is 0.258. The van der Waals surface area contributed by atoms with Gasteiger partial charge in [-0.3, -0.25) is 9.78 Å². The number of carbonyl (C=O) groups is 1. The van der Waals surface area contributed by atoms with Crippen molar-refractivity contribution in [1.82, 2.24) is 14.8 Å². The molecule has 5 nitrogen and oxygen atoms in total. The average molecular weight is 493 g/mol. The van der Waals surface area contributed by atoms with Gasteiger partial charge in [0, 0.05) is 23.6 Å². The van der Waals surface area contributed by atoms with Crippen molar-refractivity contribution < 1.29 is 4.79 Å². The molecule has 2 aromatic heterocycles. The van der Waals surface area contributed by atoms with Gasteiger partial charge in [0.2, 0.25) is 0 Å². The Morgan fingerprint density at radius 3 is 2.35 bits per heavy atom. The summed E-state index contributed by atoms with van der Waals surface area (Å²) < 4.78 is 2.00. The summed E-state index contributed by atoms with van der Waals surface area (Å²) >= 11 is 0. The Labute approximate surface area is 220 Å². The SMILES string of the molecule is CCC(CC)(CC(=O)c1cnn2c1NC(c1ccccc1)CC2(C)C)c1ccc(-c2ccccn2)cc1. The minimum atomic E-state index is -0.239. The van der Waals surface area contributed by atoms with Crippen LogP contribution in [-0.4, -0.2) is 20.5 Å². The molecule has 5 heteroatoms. The van der Waals surface area contributed by atoms with Crippen molar-refractivity contribution in [3.8, 4) is 11.3 Å². The Kier molecular flexibility index (Phi) is 6.72. The van der Waals surface area contributed by atoms with Gasteiger partial charge in [0.25, 0.3) is 0 Å². The van der Waals surface area contributed by atoms with Crippen LogP contribution in [0.4, 0.5) is 5.82 Å². The highest BCUT2D eigenvalue weighted by molar-refractivity contribution is 6.01. The molecule has 4 aromatic rings. The number of anilines is 1. The molecule has 190 valence electrons. The highest BCUT2D eigenvalue weighted by Crippen LogP contribution is 2.42. The van der Waals surface area contributed by atoms with Crippen LogP contribution in [0.5, 0.6) is 0 Å². The van der Waals surface area contributed by atoms with Gasteiger partial charge in [0.05, 0.1) is 29.0 Å². The molecule has 0 saturated heterocycles. The number of nitrogens with one attached hydrogen (secondary N) is 1. The first-order valence-corrected chi connectivity index (χ1v) is 13.3. The molecule has 1 aliphatic rings. The highest BCUT2D eigenvalue weighted by Gasteiger charge is 2.38. The van der Waals surface area contributed by atoms with Crippen LogP contribution in [0.15, 0.2) is 85.2 Å². The highest BCUT2D eigenvalue weighted by atomic mass is 16.1. The number of ketones is 1. The van der Waals surface area contributed by atoms with E-state index in [1.807, 2.05) is 35.1 Å². The molecule has 37 heavy (non-hydrogen) atoms. The van der Waals surface area contributed by atoms with Crippen molar-refractivity contribution in [2.75, 3.05) is 5.32 Å². The zero-order chi connectivity index (χ0) is 26.0. The van der Waals surface area contributed by atoms with Gasteiger partial charge in [-0.25, -0.2) is 4.68 Å². The molecule has 2 aromatic carbocycles. The lowest BCUT2D eigenvalue weighted by molar-refractivity contribution is 0.0944. The van der Waals surface area contributed by atoms with Gasteiger partial charge in [-0.15, -0.1) is 0 Å². The fourth-order valence-electron chi connectivity index (χ4n) is 5.78. The molecule has 1 atom stereocenters. The third-order valence-electron chi connectivity index (χ3n) is 8.17. The molecular formula is C32H36N4O. The van der Waals surface area contributed by atoms with Crippen LogP contribution in [0.1, 0.15) is 80.9 Å². The molecule has 1 N–H and O–H groups in total. The molecule has 0 radical (unpaired) electrons. The normalized spacial score (nSPS) is 16.6. The maximum atomic E-state index is 13.9. The van der Waals surface area contributed by atoms with Crippen molar-refractivity contribution >= 4 is 11.6 Å². The van der Waals surface area contributed by atoms with E-state index < -0.39 is 0 Å². The smallest absolute Gasteiger partial charge is 0.169 e. The Balaban J connectivity index is 1.44. The second-order valence-corrected chi connectivity index (χ2v) is 10.8. The number of pyridine rings is 1. The van der Waals surface area contributed by atoms with Gasteiger partial charge in [-0.05, 0) is 56.4 Å². The molecule has 5 rings (SSSR count). The van der Waals surface area contributed by atoms with Crippen molar-refractivity contribution in [3.63, 3.8) is 0 Å². The molecule has 1 aliphatic heterocycles. The van der Waals surface area contributed by atoms with Gasteiger partial charge in [-0.1, -0.05) is 74.5 Å². The van der Waals surface area contributed by atoms with Crippen LogP contribution in [0, 0.1) is 0 Å². The van der Waals surface area contributed by atoms with Crippen LogP contribution < -0.4 is 5.32 Å². The summed E-state index contributed by atoms with van der Waals surface area (Å²) in [4.78, 5) is 18.4. The van der Waals surface area contributed by atoms with E-state index in [9.17, 15) is 4.79 Å². The Morgan fingerprint density at radius 2 is 1.70 bits per heavy atom. The van der Waals surface area contributed by atoms with Gasteiger partial charge < -0.3 is 5.32 Å². The lowest BCUT2D eigenvalue weighted by atomic mass is 9.71. The summed E-state index contributed by atoms with van der Waals surface area (Å²) in [5, 5.41) is 8.34. The predicted molar refractivity (Wildman–Crippen MR) is 150 cm³/mol. The Bertz CT molecular complexity index is 1350. The van der Waals surface area contributed by atoms with Gasteiger partial charge >= 0.3 is 0 Å². The van der Waals surface area contributed by atoms with Gasteiger partial charge in [0.15, 0.2) is 5.78 Å². The molecule has 0 bridgehead atoms. The summed E-state index contributed by atoms with van der Waals surface area (Å²) in [5.74, 6) is 0.970. The number of fused-ring (bicyclic) bond motifs is 1. The number of benzene rings is 2. The first kappa shape index (κ1) is 24.9. The summed E-state index contributed by atoms with van der Waals surface area (Å²) in [6.45, 7) is 8.76. The zero-order valence-electron chi connectivity index (χ0n) is 22.2. The fourth-order valence-corrected chi connectivity index (χ4v) is 5.78. The number of Topliss-reactive ketones (excluding diaryl/α,β-unsaturated/α-hetero) is 1. The third-order valence-corrected chi connectivity index (χ3v) is 8.17. The van der Waals surface area contributed by atoms with Crippen molar-refractivity contribution in [3.05, 3.63) is 102 Å². The van der Waals surface area contributed by atoms with Crippen molar-refractivity contribution in [2.24, 2.45) is 0 Å².